The van der Waals surface area contributed by atoms with E-state index in [1.54, 1.807) is 34.6 Å². The van der Waals surface area contributed by atoms with Crippen LogP contribution in [-0.4, -0.2) is 61.3 Å². The molecule has 29 heavy (non-hydrogen) atoms. The molecule has 1 aromatic carbocycles. The lowest BCUT2D eigenvalue weighted by Gasteiger charge is -2.29. The molecule has 158 valence electrons. The zero-order valence-electron chi connectivity index (χ0n) is 17.3. The van der Waals surface area contributed by atoms with E-state index in [-0.39, 0.29) is 24.6 Å². The smallest absolute Gasteiger partial charge is 0.410 e. The number of sulfone groups is 1. The van der Waals surface area contributed by atoms with Gasteiger partial charge >= 0.3 is 6.09 Å². The molecule has 0 aliphatic carbocycles. The number of amides is 1. The molecular formula is C20H26N2O6S. The summed E-state index contributed by atoms with van der Waals surface area (Å²) in [5.74, 6) is -0.967. The van der Waals surface area contributed by atoms with Gasteiger partial charge in [-0.25, -0.2) is 18.1 Å². The number of rotatable bonds is 2. The van der Waals surface area contributed by atoms with Gasteiger partial charge in [0.2, 0.25) is 0 Å². The Hall–Kier alpha value is -2.15. The highest BCUT2D eigenvalue weighted by Gasteiger charge is 2.61. The minimum atomic E-state index is -3.87. The molecular weight excluding hydrogens is 396 g/mol. The lowest BCUT2D eigenvalue weighted by Crippen LogP contribution is -2.49. The molecule has 9 heteroatoms. The minimum Gasteiger partial charge on any atom is -0.444 e. The molecule has 2 heterocycles. The van der Waals surface area contributed by atoms with E-state index in [0.717, 1.165) is 0 Å². The van der Waals surface area contributed by atoms with Crippen molar-refractivity contribution in [1.29, 1.82) is 0 Å². The highest BCUT2D eigenvalue weighted by molar-refractivity contribution is 7.92. The first-order chi connectivity index (χ1) is 13.3. The number of carbonyl (C=O) groups excluding carboxylic acids is 1. The fourth-order valence-electron chi connectivity index (χ4n) is 3.66. The van der Waals surface area contributed by atoms with Gasteiger partial charge in [0.1, 0.15) is 16.5 Å². The summed E-state index contributed by atoms with van der Waals surface area (Å²) in [5, 5.41) is -1.02. The van der Waals surface area contributed by atoms with Crippen molar-refractivity contribution in [1.82, 2.24) is 4.90 Å². The van der Waals surface area contributed by atoms with Crippen molar-refractivity contribution in [2.75, 3.05) is 19.7 Å². The van der Waals surface area contributed by atoms with Crippen LogP contribution in [0.4, 0.5) is 10.5 Å². The number of hydrogen-bond acceptors (Lipinski definition) is 6. The first-order valence-electron chi connectivity index (χ1n) is 9.32. The molecule has 0 unspecified atom stereocenters. The molecule has 0 saturated carbocycles. The summed E-state index contributed by atoms with van der Waals surface area (Å²) >= 11 is 0. The van der Waals surface area contributed by atoms with Gasteiger partial charge in [-0.2, -0.15) is 0 Å². The van der Waals surface area contributed by atoms with Gasteiger partial charge in [0.15, 0.2) is 21.3 Å². The van der Waals surface area contributed by atoms with Crippen LogP contribution < -0.4 is 0 Å². The Labute approximate surface area is 171 Å². The highest BCUT2D eigenvalue weighted by atomic mass is 32.2. The maximum absolute atomic E-state index is 13.5. The van der Waals surface area contributed by atoms with Gasteiger partial charge in [-0.3, -0.25) is 0 Å². The molecule has 2 aliphatic heterocycles. The van der Waals surface area contributed by atoms with Gasteiger partial charge in [0.25, 0.3) is 0 Å². The van der Waals surface area contributed by atoms with E-state index in [0.29, 0.717) is 5.69 Å². The second-order valence-electron chi connectivity index (χ2n) is 8.86. The predicted molar refractivity (Wildman–Crippen MR) is 105 cm³/mol. The van der Waals surface area contributed by atoms with Crippen LogP contribution in [0.3, 0.4) is 0 Å². The zero-order chi connectivity index (χ0) is 21.7. The van der Waals surface area contributed by atoms with Crippen LogP contribution >= 0.6 is 0 Å². The molecule has 2 saturated heterocycles. The van der Waals surface area contributed by atoms with Gasteiger partial charge in [-0.15, -0.1) is 0 Å². The van der Waals surface area contributed by atoms with Crippen LogP contribution in [-0.2, 0) is 24.0 Å². The third-order valence-corrected chi connectivity index (χ3v) is 7.12. The molecule has 2 aliphatic rings. The molecule has 3 rings (SSSR count). The normalized spacial score (nSPS) is 26.5. The predicted octanol–water partition coefficient (Wildman–Crippen LogP) is 3.15. The van der Waals surface area contributed by atoms with Crippen LogP contribution in [0.2, 0.25) is 0 Å². The fourth-order valence-corrected chi connectivity index (χ4v) is 5.63. The van der Waals surface area contributed by atoms with E-state index in [9.17, 15) is 13.2 Å². The Bertz CT molecular complexity index is 943. The molecule has 0 radical (unpaired) electrons. The highest BCUT2D eigenvalue weighted by Crippen LogP contribution is 2.42. The number of hydrogen-bond donors (Lipinski definition) is 0. The van der Waals surface area contributed by atoms with Gasteiger partial charge in [-0.1, -0.05) is 24.3 Å². The van der Waals surface area contributed by atoms with Gasteiger partial charge < -0.3 is 19.1 Å². The number of carbonyl (C=O) groups is 1. The van der Waals surface area contributed by atoms with Crippen molar-refractivity contribution in [3.05, 3.63) is 35.7 Å². The van der Waals surface area contributed by atoms with E-state index in [1.165, 1.54) is 29.2 Å². The Balaban J connectivity index is 1.97. The van der Waals surface area contributed by atoms with Crippen molar-refractivity contribution >= 4 is 21.6 Å². The Morgan fingerprint density at radius 2 is 1.90 bits per heavy atom. The average Bonchev–Trinajstić information content (AvgIpc) is 3.13. The molecule has 0 N–H and O–H groups in total. The van der Waals surface area contributed by atoms with Crippen LogP contribution in [0.5, 0.6) is 0 Å². The van der Waals surface area contributed by atoms with Crippen molar-refractivity contribution < 1.29 is 27.4 Å². The van der Waals surface area contributed by atoms with E-state index in [1.807, 2.05) is 0 Å². The van der Waals surface area contributed by atoms with Crippen LogP contribution in [0.15, 0.2) is 29.2 Å². The molecule has 1 amide bonds. The molecule has 2 fully saturated rings. The van der Waals surface area contributed by atoms with Crippen molar-refractivity contribution in [2.24, 2.45) is 0 Å². The van der Waals surface area contributed by atoms with Gasteiger partial charge in [0.05, 0.1) is 24.6 Å². The second kappa shape index (κ2) is 6.97. The number of benzene rings is 1. The molecule has 0 aromatic heterocycles. The Kier molecular flexibility index (Phi) is 5.18. The molecule has 1 aromatic rings. The summed E-state index contributed by atoms with van der Waals surface area (Å²) in [4.78, 5) is 17.4. The minimum absolute atomic E-state index is 0.0450. The molecule has 2 atom stereocenters. The lowest BCUT2D eigenvalue weighted by molar-refractivity contribution is -0.157. The van der Waals surface area contributed by atoms with Crippen LogP contribution in [0.25, 0.3) is 4.85 Å². The summed E-state index contributed by atoms with van der Waals surface area (Å²) in [7, 11) is -3.87. The summed E-state index contributed by atoms with van der Waals surface area (Å²) < 4.78 is 44.1. The van der Waals surface area contributed by atoms with Crippen molar-refractivity contribution in [3.8, 4) is 0 Å². The SMILES string of the molecule is [C-]#[N+]c1ccc(S(=O)(=O)[C@H]2CN(C(=O)OC(C)(C)C)C[C@@]23COC(C)(C)O3)cc1. The van der Waals surface area contributed by atoms with E-state index in [4.69, 9.17) is 20.8 Å². The summed E-state index contributed by atoms with van der Waals surface area (Å²) in [6, 6.07) is 5.74. The number of nitrogens with zero attached hydrogens (tertiary/aromatic N) is 2. The Morgan fingerprint density at radius 1 is 1.28 bits per heavy atom. The van der Waals surface area contributed by atoms with Gasteiger partial charge in [0, 0.05) is 6.54 Å². The standard InChI is InChI=1S/C20H26N2O6S/c1-18(2,3)27-17(23)22-11-16(20(12-22)13-26-19(4,5)28-20)29(24,25)15-9-7-14(21-6)8-10-15/h7-10,16H,11-13H2,1-5H3/t16-,20+/m0/s1. The summed E-state index contributed by atoms with van der Waals surface area (Å²) in [6.07, 6.45) is -0.591. The monoisotopic (exact) mass is 422 g/mol. The molecule has 0 bridgehead atoms. The van der Waals surface area contributed by atoms with E-state index < -0.39 is 38.2 Å². The zero-order valence-corrected chi connectivity index (χ0v) is 18.1. The fraction of sp³-hybridized carbons (Fsp3) is 0.600. The third-order valence-electron chi connectivity index (χ3n) is 4.87. The molecule has 1 spiro atoms. The average molecular weight is 423 g/mol. The third kappa shape index (κ3) is 4.25. The summed E-state index contributed by atoms with van der Waals surface area (Å²) in [6.45, 7) is 15.8. The molecule has 8 nitrogen and oxygen atoms in total. The Morgan fingerprint density at radius 3 is 2.38 bits per heavy atom. The van der Waals surface area contributed by atoms with Crippen molar-refractivity contribution in [3.63, 3.8) is 0 Å². The number of likely N-dealkylation sites (tertiary alicyclic amines) is 1. The first-order valence-corrected chi connectivity index (χ1v) is 10.9. The maximum atomic E-state index is 13.5. The van der Waals surface area contributed by atoms with Crippen molar-refractivity contribution in [2.45, 2.75) is 61.8 Å². The van der Waals surface area contributed by atoms with Crippen LogP contribution in [0, 0.1) is 6.57 Å². The largest absolute Gasteiger partial charge is 0.444 e. The lowest BCUT2D eigenvalue weighted by atomic mass is 10.0. The quantitative estimate of drug-likeness (QED) is 0.681. The first kappa shape index (κ1) is 21.6. The second-order valence-corrected chi connectivity index (χ2v) is 11.0. The maximum Gasteiger partial charge on any atom is 0.410 e. The van der Waals surface area contributed by atoms with E-state index >= 15 is 0 Å². The van der Waals surface area contributed by atoms with Crippen LogP contribution in [0.1, 0.15) is 34.6 Å². The number of ether oxygens (including phenoxy) is 3. The topological polar surface area (TPSA) is 86.5 Å². The summed E-state index contributed by atoms with van der Waals surface area (Å²) in [5.41, 5.74) is -1.55. The van der Waals surface area contributed by atoms with E-state index in [2.05, 4.69) is 4.85 Å². The van der Waals surface area contributed by atoms with Gasteiger partial charge in [-0.05, 0) is 34.6 Å².